The number of hydrogen-bond donors (Lipinski definition) is 0. The third kappa shape index (κ3) is 1.42. The van der Waals surface area contributed by atoms with Crippen molar-refractivity contribution in [2.24, 2.45) is 0 Å². The van der Waals surface area contributed by atoms with Gasteiger partial charge in [0.2, 0.25) is 0 Å². The monoisotopic (exact) mass is 252 g/mol. The molecule has 5 heteroatoms. The van der Waals surface area contributed by atoms with Crippen LogP contribution in [0.25, 0.3) is 0 Å². The Bertz CT molecular complexity index is 377. The lowest BCUT2D eigenvalue weighted by Gasteiger charge is -2.02. The molecule has 0 bridgehead atoms. The van der Waals surface area contributed by atoms with Gasteiger partial charge < -0.3 is 0 Å². The first-order valence-electron chi connectivity index (χ1n) is 2.98. The van der Waals surface area contributed by atoms with Crippen LogP contribution in [-0.4, -0.2) is 0 Å². The average Bonchev–Trinajstić information content (AvgIpc) is 2.13. The fraction of sp³-hybridized carbons (Fsp3) is 0. The third-order valence-corrected chi connectivity index (χ3v) is 2.05. The summed E-state index contributed by atoms with van der Waals surface area (Å²) in [5.41, 5.74) is -1.04. The Labute approximate surface area is 79.7 Å². The summed E-state index contributed by atoms with van der Waals surface area (Å²) in [6, 6.07) is 0. The Morgan fingerprint density at radius 2 is 1.31 bits per heavy atom. The van der Waals surface area contributed by atoms with E-state index in [0.29, 0.717) is 0 Å². The van der Waals surface area contributed by atoms with E-state index >= 15 is 0 Å². The van der Waals surface area contributed by atoms with E-state index in [1.165, 1.54) is 5.92 Å². The molecular weight excluding hydrogens is 252 g/mol. The van der Waals surface area contributed by atoms with Crippen LogP contribution in [0.15, 0.2) is 4.47 Å². The Morgan fingerprint density at radius 1 is 0.923 bits per heavy atom. The van der Waals surface area contributed by atoms with Gasteiger partial charge in [-0.1, -0.05) is 5.92 Å². The van der Waals surface area contributed by atoms with Crippen LogP contribution in [0.3, 0.4) is 0 Å². The zero-order valence-corrected chi connectivity index (χ0v) is 7.55. The molecule has 0 aliphatic carbocycles. The van der Waals surface area contributed by atoms with Gasteiger partial charge >= 0.3 is 0 Å². The van der Waals surface area contributed by atoms with Crippen LogP contribution >= 0.6 is 15.9 Å². The van der Waals surface area contributed by atoms with Gasteiger partial charge in [0, 0.05) is 0 Å². The summed E-state index contributed by atoms with van der Waals surface area (Å²) in [5.74, 6) is -4.70. The minimum Gasteiger partial charge on any atom is -0.202 e. The highest BCUT2D eigenvalue weighted by molar-refractivity contribution is 9.10. The largest absolute Gasteiger partial charge is 0.202 e. The number of terminal acetylenes is 1. The SMILES string of the molecule is C#Cc1c(F)c(F)c(Br)c(F)c1F. The first-order valence-corrected chi connectivity index (χ1v) is 3.78. The van der Waals surface area contributed by atoms with Gasteiger partial charge in [0.25, 0.3) is 0 Å². The van der Waals surface area contributed by atoms with Gasteiger partial charge in [-0.05, 0) is 15.9 Å². The molecule has 1 aromatic carbocycles. The smallest absolute Gasteiger partial charge is 0.178 e. The van der Waals surface area contributed by atoms with Crippen molar-refractivity contribution in [3.05, 3.63) is 33.3 Å². The highest BCUT2D eigenvalue weighted by Crippen LogP contribution is 2.27. The van der Waals surface area contributed by atoms with Crippen molar-refractivity contribution < 1.29 is 17.6 Å². The summed E-state index contributed by atoms with van der Waals surface area (Å²) in [5, 5.41) is 0. The van der Waals surface area contributed by atoms with Gasteiger partial charge in [0.1, 0.15) is 5.56 Å². The molecule has 0 unspecified atom stereocenters. The molecule has 1 rings (SSSR count). The summed E-state index contributed by atoms with van der Waals surface area (Å²) >= 11 is 2.35. The number of halogens is 5. The average molecular weight is 253 g/mol. The molecular formula is C8HBrF4. The van der Waals surface area contributed by atoms with Crippen LogP contribution in [0.5, 0.6) is 0 Å². The fourth-order valence-electron chi connectivity index (χ4n) is 0.732. The molecule has 0 aromatic heterocycles. The van der Waals surface area contributed by atoms with Crippen molar-refractivity contribution in [3.63, 3.8) is 0 Å². The predicted molar refractivity (Wildman–Crippen MR) is 41.9 cm³/mol. The Morgan fingerprint density at radius 3 is 1.62 bits per heavy atom. The maximum Gasteiger partial charge on any atom is 0.178 e. The third-order valence-electron chi connectivity index (χ3n) is 1.35. The van der Waals surface area contributed by atoms with Gasteiger partial charge in [-0.25, -0.2) is 17.6 Å². The standard InChI is InChI=1S/C8HBrF4/c1-2-3-5(10)7(12)4(9)8(13)6(3)11/h1H. The van der Waals surface area contributed by atoms with E-state index in [-0.39, 0.29) is 0 Å². The van der Waals surface area contributed by atoms with Crippen LogP contribution in [-0.2, 0) is 0 Å². The number of hydrogen-bond acceptors (Lipinski definition) is 0. The summed E-state index contributed by atoms with van der Waals surface area (Å²) in [6.45, 7) is 0. The van der Waals surface area contributed by atoms with Crippen molar-refractivity contribution in [2.45, 2.75) is 0 Å². The second-order valence-corrected chi connectivity index (χ2v) is 2.88. The van der Waals surface area contributed by atoms with E-state index in [2.05, 4.69) is 22.4 Å². The molecule has 0 atom stereocenters. The zero-order chi connectivity index (χ0) is 10.2. The molecule has 1 aromatic rings. The van der Waals surface area contributed by atoms with E-state index in [4.69, 9.17) is 0 Å². The zero-order valence-electron chi connectivity index (χ0n) is 5.97. The molecule has 0 spiro atoms. The van der Waals surface area contributed by atoms with Crippen molar-refractivity contribution >= 4 is 15.9 Å². The van der Waals surface area contributed by atoms with Gasteiger partial charge in [0.15, 0.2) is 23.3 Å². The molecule has 0 radical (unpaired) electrons. The predicted octanol–water partition coefficient (Wildman–Crippen LogP) is 2.99. The second-order valence-electron chi connectivity index (χ2n) is 2.09. The molecule has 0 saturated heterocycles. The summed E-state index contributed by atoms with van der Waals surface area (Å²) in [7, 11) is 0. The topological polar surface area (TPSA) is 0 Å². The summed E-state index contributed by atoms with van der Waals surface area (Å²) in [6.07, 6.45) is 4.66. The highest BCUT2D eigenvalue weighted by atomic mass is 79.9. The first kappa shape index (κ1) is 10.1. The van der Waals surface area contributed by atoms with E-state index in [1.807, 2.05) is 0 Å². The molecule has 68 valence electrons. The van der Waals surface area contributed by atoms with Crippen LogP contribution in [0.2, 0.25) is 0 Å². The minimum absolute atomic E-state index is 0.901. The Hall–Kier alpha value is -1.02. The molecule has 0 saturated carbocycles. The molecule has 0 heterocycles. The normalized spacial score (nSPS) is 9.85. The lowest BCUT2D eigenvalue weighted by Crippen LogP contribution is -2.01. The van der Waals surface area contributed by atoms with Gasteiger partial charge in [0.05, 0.1) is 4.47 Å². The molecule has 13 heavy (non-hydrogen) atoms. The molecule has 0 aliphatic heterocycles. The quantitative estimate of drug-likeness (QED) is 0.288. The second kappa shape index (κ2) is 3.38. The van der Waals surface area contributed by atoms with E-state index in [9.17, 15) is 17.6 Å². The number of rotatable bonds is 0. The van der Waals surface area contributed by atoms with E-state index < -0.39 is 33.3 Å². The summed E-state index contributed by atoms with van der Waals surface area (Å²) in [4.78, 5) is 0. The molecule has 0 aliphatic rings. The first-order chi connectivity index (χ1) is 6.00. The van der Waals surface area contributed by atoms with Gasteiger partial charge in [-0.3, -0.25) is 0 Å². The Balaban J connectivity index is 3.69. The van der Waals surface area contributed by atoms with Crippen LogP contribution in [0, 0.1) is 35.6 Å². The summed E-state index contributed by atoms with van der Waals surface area (Å²) < 4.78 is 50.0. The highest BCUT2D eigenvalue weighted by Gasteiger charge is 2.22. The molecule has 0 amide bonds. The Kier molecular flexibility index (Phi) is 2.62. The van der Waals surface area contributed by atoms with Gasteiger partial charge in [-0.15, -0.1) is 6.42 Å². The molecule has 0 N–H and O–H groups in total. The van der Waals surface area contributed by atoms with Crippen LogP contribution in [0.4, 0.5) is 17.6 Å². The maximum absolute atomic E-state index is 12.7. The number of benzene rings is 1. The van der Waals surface area contributed by atoms with Crippen molar-refractivity contribution in [1.82, 2.24) is 0 Å². The fourth-order valence-corrected chi connectivity index (χ4v) is 1.08. The molecule has 0 fully saturated rings. The molecule has 0 nitrogen and oxygen atoms in total. The lowest BCUT2D eigenvalue weighted by molar-refractivity contribution is 0.443. The van der Waals surface area contributed by atoms with Gasteiger partial charge in [-0.2, -0.15) is 0 Å². The minimum atomic E-state index is -1.58. The van der Waals surface area contributed by atoms with Crippen LogP contribution < -0.4 is 0 Å². The van der Waals surface area contributed by atoms with Crippen molar-refractivity contribution in [3.8, 4) is 12.3 Å². The van der Waals surface area contributed by atoms with Crippen molar-refractivity contribution in [1.29, 1.82) is 0 Å². The lowest BCUT2D eigenvalue weighted by atomic mass is 10.2. The van der Waals surface area contributed by atoms with Crippen LogP contribution in [0.1, 0.15) is 5.56 Å². The maximum atomic E-state index is 12.7. The van der Waals surface area contributed by atoms with E-state index in [1.54, 1.807) is 0 Å². The van der Waals surface area contributed by atoms with Crippen molar-refractivity contribution in [2.75, 3.05) is 0 Å². The van der Waals surface area contributed by atoms with E-state index in [0.717, 1.165) is 0 Å².